The van der Waals surface area contributed by atoms with Gasteiger partial charge in [-0.15, -0.1) is 0 Å². The van der Waals surface area contributed by atoms with E-state index in [0.717, 1.165) is 6.54 Å². The van der Waals surface area contributed by atoms with Crippen LogP contribution in [-0.2, 0) is 0 Å². The van der Waals surface area contributed by atoms with Crippen molar-refractivity contribution in [2.24, 2.45) is 10.2 Å². The molecular formula is C5H10N2. The molecule has 0 radical (unpaired) electrons. The SMILES string of the molecule is C/C=C\N=N/CC. The molecule has 0 spiro atoms. The minimum Gasteiger partial charge on any atom is -0.190 e. The summed E-state index contributed by atoms with van der Waals surface area (Å²) in [5.41, 5.74) is 0. The van der Waals surface area contributed by atoms with Crippen molar-refractivity contribution in [1.29, 1.82) is 0 Å². The maximum atomic E-state index is 3.70. The monoisotopic (exact) mass is 98.1 g/mol. The van der Waals surface area contributed by atoms with E-state index in [4.69, 9.17) is 0 Å². The van der Waals surface area contributed by atoms with E-state index in [1.54, 1.807) is 6.20 Å². The molecule has 0 aromatic heterocycles. The highest BCUT2D eigenvalue weighted by Crippen LogP contribution is 1.75. The van der Waals surface area contributed by atoms with Gasteiger partial charge in [-0.2, -0.15) is 10.2 Å². The Kier molecular flexibility index (Phi) is 4.84. The molecule has 0 aromatic carbocycles. The average molecular weight is 98.1 g/mol. The van der Waals surface area contributed by atoms with Crippen molar-refractivity contribution in [3.63, 3.8) is 0 Å². The largest absolute Gasteiger partial charge is 0.190 e. The second-order valence-electron chi connectivity index (χ2n) is 1.06. The maximum absolute atomic E-state index is 3.70. The lowest BCUT2D eigenvalue weighted by atomic mass is 10.7. The quantitative estimate of drug-likeness (QED) is 0.472. The van der Waals surface area contributed by atoms with Crippen molar-refractivity contribution < 1.29 is 0 Å². The molecular weight excluding hydrogens is 88.1 g/mol. The van der Waals surface area contributed by atoms with Gasteiger partial charge in [0.25, 0.3) is 0 Å². The highest BCUT2D eigenvalue weighted by molar-refractivity contribution is 4.70. The molecule has 0 aliphatic carbocycles. The first-order valence-corrected chi connectivity index (χ1v) is 2.39. The molecule has 0 saturated carbocycles. The number of allylic oxidation sites excluding steroid dienone is 1. The van der Waals surface area contributed by atoms with Gasteiger partial charge in [-0.1, -0.05) is 6.08 Å². The normalized spacial score (nSPS) is 11.7. The van der Waals surface area contributed by atoms with Gasteiger partial charge in [0.15, 0.2) is 0 Å². The first-order chi connectivity index (χ1) is 3.41. The van der Waals surface area contributed by atoms with E-state index in [-0.39, 0.29) is 0 Å². The molecule has 0 aromatic rings. The summed E-state index contributed by atoms with van der Waals surface area (Å²) in [5, 5.41) is 7.35. The fourth-order valence-electron chi connectivity index (χ4n) is 0.195. The first kappa shape index (κ1) is 6.34. The van der Waals surface area contributed by atoms with Crippen LogP contribution < -0.4 is 0 Å². The van der Waals surface area contributed by atoms with Gasteiger partial charge in [-0.3, -0.25) is 0 Å². The Labute approximate surface area is 44.0 Å². The molecule has 2 nitrogen and oxygen atoms in total. The summed E-state index contributed by atoms with van der Waals surface area (Å²) in [5.74, 6) is 0. The second-order valence-corrected chi connectivity index (χ2v) is 1.06. The highest BCUT2D eigenvalue weighted by atomic mass is 15.1. The zero-order valence-electron chi connectivity index (χ0n) is 4.76. The Morgan fingerprint density at radius 1 is 1.57 bits per heavy atom. The van der Waals surface area contributed by atoms with Gasteiger partial charge in [0.05, 0.1) is 6.54 Å². The Balaban J connectivity index is 3.09. The van der Waals surface area contributed by atoms with Crippen LogP contribution in [0.1, 0.15) is 13.8 Å². The first-order valence-electron chi connectivity index (χ1n) is 2.39. The highest BCUT2D eigenvalue weighted by Gasteiger charge is 1.58. The van der Waals surface area contributed by atoms with Crippen molar-refractivity contribution in [3.8, 4) is 0 Å². The molecule has 0 heterocycles. The minimum atomic E-state index is 0.768. The minimum absolute atomic E-state index is 0.768. The number of rotatable bonds is 2. The molecule has 7 heavy (non-hydrogen) atoms. The van der Waals surface area contributed by atoms with E-state index in [0.29, 0.717) is 0 Å². The van der Waals surface area contributed by atoms with Crippen LogP contribution in [0.2, 0.25) is 0 Å². The summed E-state index contributed by atoms with van der Waals surface area (Å²) in [7, 11) is 0. The third kappa shape index (κ3) is 5.34. The Hall–Kier alpha value is -0.660. The topological polar surface area (TPSA) is 24.7 Å². The Bertz CT molecular complexity index is 74.1. The fourth-order valence-corrected chi connectivity index (χ4v) is 0.195. The summed E-state index contributed by atoms with van der Waals surface area (Å²) in [6, 6.07) is 0. The predicted octanol–water partition coefficient (Wildman–Crippen LogP) is 1.99. The third-order valence-electron chi connectivity index (χ3n) is 0.439. The molecule has 0 N–H and O–H groups in total. The summed E-state index contributed by atoms with van der Waals surface area (Å²) in [6.07, 6.45) is 3.52. The van der Waals surface area contributed by atoms with Crippen LogP contribution in [0.15, 0.2) is 22.5 Å². The van der Waals surface area contributed by atoms with Gasteiger partial charge in [-0.05, 0) is 13.8 Å². The molecule has 0 atom stereocenters. The summed E-state index contributed by atoms with van der Waals surface area (Å²) < 4.78 is 0. The fraction of sp³-hybridized carbons (Fsp3) is 0.600. The zero-order valence-corrected chi connectivity index (χ0v) is 4.76. The number of hydrogen-bond acceptors (Lipinski definition) is 2. The summed E-state index contributed by atoms with van der Waals surface area (Å²) in [6.45, 7) is 4.63. The van der Waals surface area contributed by atoms with Crippen LogP contribution in [0.5, 0.6) is 0 Å². The number of nitrogens with zero attached hydrogens (tertiary/aromatic N) is 2. The van der Waals surface area contributed by atoms with Crippen molar-refractivity contribution >= 4 is 0 Å². The third-order valence-corrected chi connectivity index (χ3v) is 0.439. The lowest BCUT2D eigenvalue weighted by Crippen LogP contribution is -1.58. The van der Waals surface area contributed by atoms with Gasteiger partial charge >= 0.3 is 0 Å². The summed E-state index contributed by atoms with van der Waals surface area (Å²) >= 11 is 0. The van der Waals surface area contributed by atoms with Gasteiger partial charge in [0.2, 0.25) is 0 Å². The van der Waals surface area contributed by atoms with Crippen molar-refractivity contribution in [2.45, 2.75) is 13.8 Å². The van der Waals surface area contributed by atoms with Crippen LogP contribution in [-0.4, -0.2) is 6.54 Å². The molecule has 0 unspecified atom stereocenters. The van der Waals surface area contributed by atoms with Crippen LogP contribution in [0.4, 0.5) is 0 Å². The Morgan fingerprint density at radius 3 is 2.71 bits per heavy atom. The predicted molar refractivity (Wildman–Crippen MR) is 30.2 cm³/mol. The number of hydrogen-bond donors (Lipinski definition) is 0. The van der Waals surface area contributed by atoms with E-state index in [2.05, 4.69) is 10.2 Å². The van der Waals surface area contributed by atoms with E-state index < -0.39 is 0 Å². The molecule has 0 bridgehead atoms. The van der Waals surface area contributed by atoms with Crippen LogP contribution in [0, 0.1) is 0 Å². The molecule has 2 heteroatoms. The van der Waals surface area contributed by atoms with E-state index in [9.17, 15) is 0 Å². The van der Waals surface area contributed by atoms with Crippen LogP contribution in [0.25, 0.3) is 0 Å². The molecule has 0 saturated heterocycles. The molecule has 0 aliphatic heterocycles. The second kappa shape index (κ2) is 5.34. The molecule has 0 amide bonds. The molecule has 0 aliphatic rings. The standard InChI is InChI=1S/C5H10N2/c1-3-5-7-6-4-2/h3,5H,4H2,1-2H3/b5-3-,7-6-. The number of azo groups is 1. The maximum Gasteiger partial charge on any atom is 0.0574 e. The van der Waals surface area contributed by atoms with Gasteiger partial charge in [0.1, 0.15) is 0 Å². The zero-order chi connectivity index (χ0) is 5.54. The van der Waals surface area contributed by atoms with E-state index >= 15 is 0 Å². The summed E-state index contributed by atoms with van der Waals surface area (Å²) in [4.78, 5) is 0. The lowest BCUT2D eigenvalue weighted by molar-refractivity contribution is 1.00. The van der Waals surface area contributed by atoms with Crippen molar-refractivity contribution in [3.05, 3.63) is 12.3 Å². The Morgan fingerprint density at radius 2 is 2.29 bits per heavy atom. The van der Waals surface area contributed by atoms with Crippen molar-refractivity contribution in [2.75, 3.05) is 6.54 Å². The van der Waals surface area contributed by atoms with Crippen LogP contribution >= 0.6 is 0 Å². The molecule has 40 valence electrons. The van der Waals surface area contributed by atoms with Gasteiger partial charge in [-0.25, -0.2) is 0 Å². The smallest absolute Gasteiger partial charge is 0.0574 e. The van der Waals surface area contributed by atoms with E-state index in [1.165, 1.54) is 0 Å². The van der Waals surface area contributed by atoms with Crippen LogP contribution in [0.3, 0.4) is 0 Å². The average Bonchev–Trinajstić information content (AvgIpc) is 1.69. The molecule has 0 rings (SSSR count). The lowest BCUT2D eigenvalue weighted by Gasteiger charge is -1.71. The van der Waals surface area contributed by atoms with Gasteiger partial charge < -0.3 is 0 Å². The van der Waals surface area contributed by atoms with Crippen molar-refractivity contribution in [1.82, 2.24) is 0 Å². The van der Waals surface area contributed by atoms with Gasteiger partial charge in [0, 0.05) is 6.20 Å². The molecule has 0 fully saturated rings. The van der Waals surface area contributed by atoms with E-state index in [1.807, 2.05) is 19.9 Å².